The number of hydrogen-bond acceptors (Lipinski definition) is 5. The van der Waals surface area contributed by atoms with E-state index in [4.69, 9.17) is 4.74 Å². The third kappa shape index (κ3) is 53.8. The van der Waals surface area contributed by atoms with Crippen LogP contribution >= 0.6 is 0 Å². The standard InChI is InChI=1S/C61H119NO5/c1-3-5-7-9-11-13-15-17-18-24-27-30-33-37-41-45-49-53-59(64)58(57-63)62-60(65)54-50-46-42-38-34-31-28-25-22-20-19-21-23-26-29-32-36-40-44-48-52-56-67-61(66)55-51-47-43-39-35-16-14-12-10-8-6-4-2/h49,53,58-59,63-64H,3-48,50-52,54-57H2,1-2H3,(H,62,65)/b53-49+. The lowest BCUT2D eigenvalue weighted by molar-refractivity contribution is -0.143. The molecule has 0 aliphatic heterocycles. The van der Waals surface area contributed by atoms with Crippen LogP contribution in [0.3, 0.4) is 0 Å². The van der Waals surface area contributed by atoms with E-state index >= 15 is 0 Å². The molecule has 2 atom stereocenters. The summed E-state index contributed by atoms with van der Waals surface area (Å²) in [6, 6.07) is -0.628. The molecule has 0 saturated carbocycles. The Bertz CT molecular complexity index is 1000. The summed E-state index contributed by atoms with van der Waals surface area (Å²) < 4.78 is 5.47. The first-order chi connectivity index (χ1) is 33.0. The average Bonchev–Trinajstić information content (AvgIpc) is 3.33. The maximum absolute atomic E-state index is 12.5. The van der Waals surface area contributed by atoms with Gasteiger partial charge in [-0.3, -0.25) is 9.59 Å². The number of carbonyl (C=O) groups is 2. The highest BCUT2D eigenvalue weighted by Gasteiger charge is 2.18. The second kappa shape index (κ2) is 57.2. The number of allylic oxidation sites excluding steroid dienone is 1. The van der Waals surface area contributed by atoms with Crippen molar-refractivity contribution in [1.82, 2.24) is 5.32 Å². The Morgan fingerprint density at radius 1 is 0.403 bits per heavy atom. The van der Waals surface area contributed by atoms with E-state index in [2.05, 4.69) is 19.2 Å². The van der Waals surface area contributed by atoms with Crippen molar-refractivity contribution in [3.05, 3.63) is 12.2 Å². The van der Waals surface area contributed by atoms with E-state index in [1.54, 1.807) is 6.08 Å². The molecular weight excluding hydrogens is 827 g/mol. The van der Waals surface area contributed by atoms with Crippen molar-refractivity contribution in [2.45, 2.75) is 353 Å². The summed E-state index contributed by atoms with van der Waals surface area (Å²) in [5, 5.41) is 23.2. The van der Waals surface area contributed by atoms with Gasteiger partial charge in [0.25, 0.3) is 0 Å². The van der Waals surface area contributed by atoms with E-state index in [0.717, 1.165) is 38.5 Å². The number of unbranched alkanes of at least 4 members (excludes halogenated alkanes) is 46. The highest BCUT2D eigenvalue weighted by Crippen LogP contribution is 2.18. The average molecular weight is 947 g/mol. The molecule has 1 amide bonds. The van der Waals surface area contributed by atoms with Crippen LogP contribution in [-0.2, 0) is 14.3 Å². The zero-order valence-corrected chi connectivity index (χ0v) is 45.4. The lowest BCUT2D eigenvalue weighted by Gasteiger charge is -2.20. The summed E-state index contributed by atoms with van der Waals surface area (Å²) in [7, 11) is 0. The molecule has 0 rings (SSSR count). The molecule has 0 aromatic rings. The van der Waals surface area contributed by atoms with Crippen LogP contribution in [0.4, 0.5) is 0 Å². The summed E-state index contributed by atoms with van der Waals surface area (Å²) in [5.41, 5.74) is 0. The summed E-state index contributed by atoms with van der Waals surface area (Å²) in [6.07, 6.45) is 68.1. The Morgan fingerprint density at radius 3 is 1.01 bits per heavy atom. The van der Waals surface area contributed by atoms with Gasteiger partial charge in [0.2, 0.25) is 5.91 Å². The molecule has 398 valence electrons. The van der Waals surface area contributed by atoms with Crippen LogP contribution in [0, 0.1) is 0 Å². The van der Waals surface area contributed by atoms with Crippen molar-refractivity contribution in [1.29, 1.82) is 0 Å². The monoisotopic (exact) mass is 946 g/mol. The number of rotatable bonds is 57. The molecule has 0 radical (unpaired) electrons. The number of aliphatic hydroxyl groups excluding tert-OH is 2. The topological polar surface area (TPSA) is 95.9 Å². The van der Waals surface area contributed by atoms with Crippen LogP contribution in [0.25, 0.3) is 0 Å². The Morgan fingerprint density at radius 2 is 0.687 bits per heavy atom. The second-order valence-electron chi connectivity index (χ2n) is 21.0. The zero-order valence-electron chi connectivity index (χ0n) is 45.4. The number of ether oxygens (including phenoxy) is 1. The maximum atomic E-state index is 12.5. The van der Waals surface area contributed by atoms with E-state index in [9.17, 15) is 19.8 Å². The number of esters is 1. The van der Waals surface area contributed by atoms with Gasteiger partial charge in [-0.1, -0.05) is 309 Å². The molecule has 6 nitrogen and oxygen atoms in total. The van der Waals surface area contributed by atoms with E-state index in [1.807, 2.05) is 6.08 Å². The first-order valence-electron chi connectivity index (χ1n) is 30.5. The molecule has 0 bridgehead atoms. The fraction of sp³-hybridized carbons (Fsp3) is 0.934. The molecule has 6 heteroatoms. The van der Waals surface area contributed by atoms with Gasteiger partial charge in [0.15, 0.2) is 0 Å². The van der Waals surface area contributed by atoms with E-state index < -0.39 is 12.1 Å². The van der Waals surface area contributed by atoms with Gasteiger partial charge in [0.1, 0.15) is 0 Å². The Kier molecular flexibility index (Phi) is 56.0. The SMILES string of the molecule is CCCCCCCCCCCCCCCCC/C=C/C(O)C(CO)NC(=O)CCCCCCCCCCCCCCCCCCCCCCCOC(=O)CCCCCCCCCCCCCC. The molecular formula is C61H119NO5. The summed E-state index contributed by atoms with van der Waals surface area (Å²) in [6.45, 7) is 4.92. The van der Waals surface area contributed by atoms with E-state index in [-0.39, 0.29) is 18.5 Å². The highest BCUT2D eigenvalue weighted by molar-refractivity contribution is 5.76. The van der Waals surface area contributed by atoms with Crippen LogP contribution in [-0.4, -0.2) is 47.4 Å². The van der Waals surface area contributed by atoms with E-state index in [0.29, 0.717) is 19.4 Å². The molecule has 3 N–H and O–H groups in total. The van der Waals surface area contributed by atoms with Gasteiger partial charge in [0.05, 0.1) is 25.4 Å². The quantitative estimate of drug-likeness (QED) is 0.0321. The number of hydrogen-bond donors (Lipinski definition) is 3. The number of aliphatic hydroxyl groups is 2. The third-order valence-electron chi connectivity index (χ3n) is 14.3. The minimum atomic E-state index is -0.844. The van der Waals surface area contributed by atoms with Crippen LogP contribution < -0.4 is 5.32 Å². The van der Waals surface area contributed by atoms with Gasteiger partial charge in [-0.2, -0.15) is 0 Å². The van der Waals surface area contributed by atoms with Crippen molar-refractivity contribution in [3.63, 3.8) is 0 Å². The largest absolute Gasteiger partial charge is 0.466 e. The Labute approximate surface area is 419 Å². The predicted molar refractivity (Wildman–Crippen MR) is 292 cm³/mol. The molecule has 0 heterocycles. The first kappa shape index (κ1) is 65.6. The van der Waals surface area contributed by atoms with E-state index in [1.165, 1.54) is 276 Å². The predicted octanol–water partition coefficient (Wildman–Crippen LogP) is 18.9. The van der Waals surface area contributed by atoms with Crippen LogP contribution in [0.5, 0.6) is 0 Å². The molecule has 0 aromatic heterocycles. The first-order valence-corrected chi connectivity index (χ1v) is 30.5. The van der Waals surface area contributed by atoms with Gasteiger partial charge in [-0.25, -0.2) is 0 Å². The molecule has 0 fully saturated rings. The van der Waals surface area contributed by atoms with Crippen LogP contribution in [0.1, 0.15) is 341 Å². The van der Waals surface area contributed by atoms with Crippen molar-refractivity contribution in [2.75, 3.05) is 13.2 Å². The molecule has 0 saturated heterocycles. The Hall–Kier alpha value is -1.40. The minimum Gasteiger partial charge on any atom is -0.466 e. The number of carbonyl (C=O) groups excluding carboxylic acids is 2. The van der Waals surface area contributed by atoms with Crippen LogP contribution in [0.15, 0.2) is 12.2 Å². The van der Waals surface area contributed by atoms with Crippen molar-refractivity contribution >= 4 is 11.9 Å². The van der Waals surface area contributed by atoms with Gasteiger partial charge >= 0.3 is 5.97 Å². The summed E-state index contributed by atoms with van der Waals surface area (Å²) in [4.78, 5) is 24.5. The second-order valence-corrected chi connectivity index (χ2v) is 21.0. The fourth-order valence-electron chi connectivity index (χ4n) is 9.64. The number of nitrogens with one attached hydrogen (secondary N) is 1. The molecule has 0 aromatic carbocycles. The van der Waals surface area contributed by atoms with Crippen molar-refractivity contribution in [3.8, 4) is 0 Å². The van der Waals surface area contributed by atoms with Gasteiger partial charge in [-0.15, -0.1) is 0 Å². The zero-order chi connectivity index (χ0) is 48.6. The molecule has 2 unspecified atom stereocenters. The molecule has 0 aliphatic carbocycles. The fourth-order valence-corrected chi connectivity index (χ4v) is 9.64. The molecule has 0 spiro atoms. The smallest absolute Gasteiger partial charge is 0.305 e. The maximum Gasteiger partial charge on any atom is 0.305 e. The van der Waals surface area contributed by atoms with Gasteiger partial charge < -0.3 is 20.3 Å². The lowest BCUT2D eigenvalue weighted by atomic mass is 10.0. The molecule has 67 heavy (non-hydrogen) atoms. The summed E-state index contributed by atoms with van der Waals surface area (Å²) >= 11 is 0. The highest BCUT2D eigenvalue weighted by atomic mass is 16.5. The van der Waals surface area contributed by atoms with Gasteiger partial charge in [0, 0.05) is 12.8 Å². The molecule has 0 aliphatic rings. The van der Waals surface area contributed by atoms with Crippen molar-refractivity contribution in [2.24, 2.45) is 0 Å². The normalized spacial score (nSPS) is 12.6. The lowest BCUT2D eigenvalue weighted by Crippen LogP contribution is -2.45. The minimum absolute atomic E-state index is 0.0127. The van der Waals surface area contributed by atoms with Crippen LogP contribution in [0.2, 0.25) is 0 Å². The summed E-state index contributed by atoms with van der Waals surface area (Å²) in [5.74, 6) is -0.0535. The number of amides is 1. The van der Waals surface area contributed by atoms with Gasteiger partial charge in [-0.05, 0) is 32.1 Å². The third-order valence-corrected chi connectivity index (χ3v) is 14.3. The van der Waals surface area contributed by atoms with Crippen molar-refractivity contribution < 1.29 is 24.5 Å². The Balaban J connectivity index is 3.41.